The average molecular weight is 359 g/mol. The molecule has 0 amide bonds. The first-order chi connectivity index (χ1) is 12.5. The van der Waals surface area contributed by atoms with Crippen molar-refractivity contribution in [3.63, 3.8) is 0 Å². The molecule has 0 aliphatic heterocycles. The van der Waals surface area contributed by atoms with Crippen LogP contribution < -0.4 is 10.3 Å². The van der Waals surface area contributed by atoms with Crippen LogP contribution in [-0.4, -0.2) is 34.3 Å². The maximum atomic E-state index is 12.6. The van der Waals surface area contributed by atoms with Gasteiger partial charge < -0.3 is 9.30 Å². The Morgan fingerprint density at radius 3 is 2.81 bits per heavy atom. The zero-order valence-electron chi connectivity index (χ0n) is 13.3. The lowest BCUT2D eigenvalue weighted by molar-refractivity contribution is 0.0564. The Balaban J connectivity index is 1.80. The summed E-state index contributed by atoms with van der Waals surface area (Å²) in [5.74, 6) is 0.0103. The number of imidazole rings is 1. The summed E-state index contributed by atoms with van der Waals surface area (Å²) in [6.45, 7) is -2.80. The summed E-state index contributed by atoms with van der Waals surface area (Å²) in [4.78, 5) is 27.5. The number of halogens is 2. The third-order valence-corrected chi connectivity index (χ3v) is 3.54. The molecular formula is C15H11F2N7O2. The van der Waals surface area contributed by atoms with Crippen molar-refractivity contribution in [2.75, 3.05) is 0 Å². The van der Waals surface area contributed by atoms with Crippen molar-refractivity contribution in [1.82, 2.24) is 34.3 Å². The number of nitrogens with one attached hydrogen (secondary N) is 1. The second-order valence-corrected chi connectivity index (χ2v) is 5.39. The highest BCUT2D eigenvalue weighted by molar-refractivity contribution is 5.89. The van der Waals surface area contributed by atoms with Gasteiger partial charge >= 0.3 is 12.6 Å². The molecule has 4 heterocycles. The largest absolute Gasteiger partial charge is 0.422 e. The van der Waals surface area contributed by atoms with E-state index in [4.69, 9.17) is 4.74 Å². The van der Waals surface area contributed by atoms with E-state index in [0.717, 1.165) is 12.4 Å². The zero-order valence-corrected chi connectivity index (χ0v) is 13.3. The summed E-state index contributed by atoms with van der Waals surface area (Å²) < 4.78 is 32.7. The van der Waals surface area contributed by atoms with Crippen molar-refractivity contribution in [3.8, 4) is 23.1 Å². The summed E-state index contributed by atoms with van der Waals surface area (Å²) in [5.41, 5.74) is 0.770. The number of aromatic amines is 1. The van der Waals surface area contributed by atoms with Gasteiger partial charge in [-0.2, -0.15) is 18.9 Å². The highest BCUT2D eigenvalue weighted by atomic mass is 19.3. The van der Waals surface area contributed by atoms with Gasteiger partial charge in [-0.1, -0.05) is 0 Å². The Kier molecular flexibility index (Phi) is 3.68. The molecule has 0 bridgehead atoms. The quantitative estimate of drug-likeness (QED) is 0.598. The van der Waals surface area contributed by atoms with Gasteiger partial charge in [-0.25, -0.2) is 9.67 Å². The number of fused-ring (bicyclic) bond motifs is 1. The molecule has 26 heavy (non-hydrogen) atoms. The van der Waals surface area contributed by atoms with Crippen molar-refractivity contribution < 1.29 is 13.5 Å². The molecule has 0 fully saturated rings. The molecule has 4 aromatic heterocycles. The predicted octanol–water partition coefficient (Wildman–Crippen LogP) is 2.10. The lowest BCUT2D eigenvalue weighted by Gasteiger charge is -2.05. The molecule has 4 rings (SSSR count). The number of aromatic nitrogens is 7. The van der Waals surface area contributed by atoms with Crippen LogP contribution in [0.15, 0.2) is 42.0 Å². The molecule has 0 saturated heterocycles. The Hall–Kier alpha value is -3.63. The fourth-order valence-corrected chi connectivity index (χ4v) is 2.41. The molecule has 0 atom stereocenters. The van der Waals surface area contributed by atoms with Gasteiger partial charge in [-0.05, 0) is 6.07 Å². The monoisotopic (exact) mass is 359 g/mol. The molecule has 0 aliphatic rings. The lowest BCUT2D eigenvalue weighted by Crippen LogP contribution is -2.10. The third-order valence-electron chi connectivity index (χ3n) is 3.54. The van der Waals surface area contributed by atoms with E-state index in [9.17, 15) is 13.6 Å². The standard InChI is InChI=1S/C15H11F2N7O2/c1-23-6-10(19-7-23)12-11-9(2-3-18-12)13(25)22-15(21-11)26-8-4-20-24(5-8)14(16)17/h2-7,14H,1H3,(H,21,22,25). The van der Waals surface area contributed by atoms with E-state index in [1.54, 1.807) is 24.1 Å². The van der Waals surface area contributed by atoms with E-state index in [2.05, 4.69) is 25.0 Å². The van der Waals surface area contributed by atoms with Gasteiger partial charge in [0.15, 0.2) is 5.75 Å². The molecule has 0 aliphatic carbocycles. The van der Waals surface area contributed by atoms with Crippen molar-refractivity contribution in [1.29, 1.82) is 0 Å². The minimum Gasteiger partial charge on any atom is -0.422 e. The Bertz CT molecular complexity index is 1150. The van der Waals surface area contributed by atoms with Crippen LogP contribution in [0.2, 0.25) is 0 Å². The first kappa shape index (κ1) is 15.9. The second-order valence-electron chi connectivity index (χ2n) is 5.39. The van der Waals surface area contributed by atoms with Gasteiger partial charge in [0.1, 0.15) is 16.9 Å². The number of rotatable bonds is 4. The topological polar surface area (TPSA) is 104 Å². The average Bonchev–Trinajstić information content (AvgIpc) is 3.24. The zero-order chi connectivity index (χ0) is 18.3. The van der Waals surface area contributed by atoms with Gasteiger partial charge in [0.25, 0.3) is 5.56 Å². The normalized spacial score (nSPS) is 11.4. The summed E-state index contributed by atoms with van der Waals surface area (Å²) in [5, 5.41) is 3.76. The van der Waals surface area contributed by atoms with E-state index in [1.165, 1.54) is 12.3 Å². The maximum Gasteiger partial charge on any atom is 0.333 e. The highest BCUT2D eigenvalue weighted by Gasteiger charge is 2.15. The number of aryl methyl sites for hydroxylation is 1. The van der Waals surface area contributed by atoms with E-state index in [0.29, 0.717) is 21.5 Å². The number of alkyl halides is 2. The number of hydrogen-bond donors (Lipinski definition) is 1. The smallest absolute Gasteiger partial charge is 0.333 e. The first-order valence-electron chi connectivity index (χ1n) is 7.39. The molecule has 1 N–H and O–H groups in total. The van der Waals surface area contributed by atoms with Crippen molar-refractivity contribution in [3.05, 3.63) is 47.5 Å². The SMILES string of the molecule is Cn1cnc(-c2nccc3c(=O)[nH]c(Oc4cnn(C(F)F)c4)nc23)c1. The van der Waals surface area contributed by atoms with Crippen LogP contribution in [0.1, 0.15) is 6.55 Å². The van der Waals surface area contributed by atoms with Crippen LogP contribution in [0.3, 0.4) is 0 Å². The fourth-order valence-electron chi connectivity index (χ4n) is 2.41. The van der Waals surface area contributed by atoms with Crippen LogP contribution in [0, 0.1) is 0 Å². The molecule has 0 saturated carbocycles. The summed E-state index contributed by atoms with van der Waals surface area (Å²) in [7, 11) is 1.80. The van der Waals surface area contributed by atoms with Crippen molar-refractivity contribution in [2.24, 2.45) is 7.05 Å². The summed E-state index contributed by atoms with van der Waals surface area (Å²) in [6.07, 6.45) is 6.91. The van der Waals surface area contributed by atoms with Crippen LogP contribution in [0.5, 0.6) is 11.8 Å². The van der Waals surface area contributed by atoms with E-state index >= 15 is 0 Å². The van der Waals surface area contributed by atoms with Gasteiger partial charge in [0, 0.05) is 19.4 Å². The van der Waals surface area contributed by atoms with E-state index < -0.39 is 12.1 Å². The number of hydrogen-bond acceptors (Lipinski definition) is 6. The minimum atomic E-state index is -2.80. The number of pyridine rings is 1. The fraction of sp³-hybridized carbons (Fsp3) is 0.133. The molecule has 132 valence electrons. The third kappa shape index (κ3) is 2.79. The van der Waals surface area contributed by atoms with Crippen LogP contribution in [-0.2, 0) is 7.05 Å². The van der Waals surface area contributed by atoms with E-state index in [-0.39, 0.29) is 17.3 Å². The van der Waals surface area contributed by atoms with Crippen molar-refractivity contribution in [2.45, 2.75) is 6.55 Å². The molecule has 11 heteroatoms. The number of nitrogens with zero attached hydrogens (tertiary/aromatic N) is 6. The highest BCUT2D eigenvalue weighted by Crippen LogP contribution is 2.24. The Morgan fingerprint density at radius 2 is 2.12 bits per heavy atom. The predicted molar refractivity (Wildman–Crippen MR) is 85.9 cm³/mol. The minimum absolute atomic E-state index is 0.0103. The van der Waals surface area contributed by atoms with Gasteiger partial charge in [0.05, 0.1) is 24.1 Å². The van der Waals surface area contributed by atoms with Gasteiger partial charge in [-0.15, -0.1) is 0 Å². The van der Waals surface area contributed by atoms with E-state index in [1.807, 2.05) is 0 Å². The maximum absolute atomic E-state index is 12.6. The van der Waals surface area contributed by atoms with Crippen molar-refractivity contribution >= 4 is 10.9 Å². The molecule has 4 aromatic rings. The first-order valence-corrected chi connectivity index (χ1v) is 7.39. The molecule has 0 unspecified atom stereocenters. The van der Waals surface area contributed by atoms with Crippen LogP contribution >= 0.6 is 0 Å². The number of ether oxygens (including phenoxy) is 1. The Morgan fingerprint density at radius 1 is 1.27 bits per heavy atom. The summed E-state index contributed by atoms with van der Waals surface area (Å²) in [6, 6.07) is 1.35. The molecule has 0 radical (unpaired) electrons. The number of H-pyrrole nitrogens is 1. The Labute approximate surface area is 143 Å². The van der Waals surface area contributed by atoms with Gasteiger partial charge in [0.2, 0.25) is 0 Å². The molecule has 9 nitrogen and oxygen atoms in total. The molecular weight excluding hydrogens is 348 g/mol. The molecule has 0 aromatic carbocycles. The van der Waals surface area contributed by atoms with Crippen LogP contribution in [0.25, 0.3) is 22.3 Å². The second kappa shape index (κ2) is 6.02. The summed E-state index contributed by atoms with van der Waals surface area (Å²) >= 11 is 0. The van der Waals surface area contributed by atoms with Gasteiger partial charge in [-0.3, -0.25) is 14.8 Å². The lowest BCUT2D eigenvalue weighted by atomic mass is 10.2. The van der Waals surface area contributed by atoms with Crippen LogP contribution in [0.4, 0.5) is 8.78 Å². The molecule has 0 spiro atoms.